The first-order valence-corrected chi connectivity index (χ1v) is 8.72. The number of phenolic OH excluding ortho intramolecular Hbond substituents is 1. The Kier molecular flexibility index (Phi) is 6.37. The molecule has 156 valence electrons. The van der Waals surface area contributed by atoms with Crippen molar-refractivity contribution in [2.75, 3.05) is 14.2 Å². The number of aromatic nitrogens is 1. The van der Waals surface area contributed by atoms with E-state index in [1.165, 1.54) is 25.2 Å². The van der Waals surface area contributed by atoms with E-state index in [0.29, 0.717) is 33.6 Å². The number of halogens is 1. The van der Waals surface area contributed by atoms with E-state index in [-0.39, 0.29) is 39.4 Å². The number of benzene rings is 2. The normalized spacial score (nSPS) is 12.0. The summed E-state index contributed by atoms with van der Waals surface area (Å²) in [6.07, 6.45) is 1.32. The number of hydrogen-bond donors (Lipinski definition) is 3. The zero-order valence-corrected chi connectivity index (χ0v) is 18.7. The molecule has 0 unspecified atom stereocenters. The summed E-state index contributed by atoms with van der Waals surface area (Å²) in [5, 5.41) is 29.5. The van der Waals surface area contributed by atoms with E-state index in [1.54, 1.807) is 30.3 Å². The zero-order chi connectivity index (χ0) is 20.6. The maximum Gasteiger partial charge on any atom is 0.172 e. The van der Waals surface area contributed by atoms with Gasteiger partial charge in [0.05, 0.1) is 25.8 Å². The lowest BCUT2D eigenvalue weighted by molar-refractivity contribution is 0.352. The summed E-state index contributed by atoms with van der Waals surface area (Å²) in [6, 6.07) is 8.15. The molecule has 29 heavy (non-hydrogen) atoms. The van der Waals surface area contributed by atoms with Crippen LogP contribution in [-0.4, -0.2) is 29.2 Å². The van der Waals surface area contributed by atoms with Crippen molar-refractivity contribution in [2.24, 2.45) is 0 Å². The molecule has 0 amide bonds. The lowest BCUT2D eigenvalue weighted by Crippen LogP contribution is -2.12. The molecule has 0 saturated carbocycles. The highest BCUT2D eigenvalue weighted by Crippen LogP contribution is 2.33. The van der Waals surface area contributed by atoms with E-state index in [9.17, 15) is 10.2 Å². The van der Waals surface area contributed by atoms with E-state index < -0.39 is 0 Å². The summed E-state index contributed by atoms with van der Waals surface area (Å²) in [5.41, 5.74) is 1.40. The zero-order valence-electron chi connectivity index (χ0n) is 16.9. The Bertz CT molecular complexity index is 1120. The largest absolute Gasteiger partial charge is 0.508 e. The van der Waals surface area contributed by atoms with Gasteiger partial charge in [-0.2, -0.15) is 4.74 Å². The van der Waals surface area contributed by atoms with Crippen LogP contribution in [0.25, 0.3) is 22.9 Å². The van der Waals surface area contributed by atoms with Crippen molar-refractivity contribution in [2.45, 2.75) is 26.2 Å². The van der Waals surface area contributed by atoms with Crippen molar-refractivity contribution < 1.29 is 24.2 Å². The lowest BCUT2D eigenvalue weighted by Gasteiger charge is -2.21. The van der Waals surface area contributed by atoms with Crippen LogP contribution < -0.4 is 15.0 Å². The van der Waals surface area contributed by atoms with Crippen LogP contribution in [0.3, 0.4) is 0 Å². The Morgan fingerprint density at radius 1 is 1.10 bits per heavy atom. The fraction of sp³-hybridized carbons (Fsp3) is 0.286. The fourth-order valence-corrected chi connectivity index (χ4v) is 2.96. The van der Waals surface area contributed by atoms with Crippen LogP contribution in [0, 0.1) is 5.41 Å². The van der Waals surface area contributed by atoms with Crippen LogP contribution >= 0.6 is 17.0 Å². The second-order valence-electron chi connectivity index (χ2n) is 7.47. The molecule has 0 atom stereocenters. The van der Waals surface area contributed by atoms with Gasteiger partial charge in [-0.1, -0.05) is 20.8 Å². The standard InChI is InChI=1S/C21H24N2O5.BrH/c1-21(2,3)14-8-12(6-7-15(14)24)16(25)11-23-20(22)13-9-18(26-4)19(27-5)10-17(13)28-23;/h6-11,22,24-25H,1-5H3;1H. The summed E-state index contributed by atoms with van der Waals surface area (Å²) in [6.45, 7) is 5.93. The van der Waals surface area contributed by atoms with Crippen molar-refractivity contribution in [1.29, 1.82) is 5.41 Å². The molecule has 7 nitrogen and oxygen atoms in total. The average molecular weight is 465 g/mol. The summed E-state index contributed by atoms with van der Waals surface area (Å²) in [4.78, 5) is 0. The van der Waals surface area contributed by atoms with Gasteiger partial charge >= 0.3 is 0 Å². The number of phenols is 1. The number of nitrogens with zero attached hydrogens (tertiary/aromatic N) is 1. The minimum absolute atomic E-state index is 0. The van der Waals surface area contributed by atoms with E-state index in [2.05, 4.69) is 0 Å². The molecule has 0 aliphatic carbocycles. The molecular formula is C21H25BrN2O5. The Morgan fingerprint density at radius 2 is 1.72 bits per heavy atom. The van der Waals surface area contributed by atoms with Crippen molar-refractivity contribution in [1.82, 2.24) is 4.74 Å². The monoisotopic (exact) mass is 464 g/mol. The summed E-state index contributed by atoms with van der Waals surface area (Å²) in [5.74, 6) is 1.04. The first-order chi connectivity index (χ1) is 13.2. The molecule has 3 rings (SSSR count). The van der Waals surface area contributed by atoms with Gasteiger partial charge in [0.1, 0.15) is 11.5 Å². The molecule has 0 aliphatic rings. The predicted octanol–water partition coefficient (Wildman–Crippen LogP) is 4.83. The Labute approximate surface area is 179 Å². The van der Waals surface area contributed by atoms with Gasteiger partial charge in [-0.05, 0) is 35.2 Å². The first-order valence-electron chi connectivity index (χ1n) is 8.72. The number of aromatic hydroxyl groups is 1. The third-order valence-corrected chi connectivity index (χ3v) is 4.50. The smallest absolute Gasteiger partial charge is 0.172 e. The molecule has 8 heteroatoms. The Balaban J connectivity index is 0.00000300. The molecule has 3 aromatic rings. The maximum absolute atomic E-state index is 10.6. The number of aliphatic hydroxyl groups is 1. The number of nitrogens with one attached hydrogen (secondary N) is 1. The molecule has 0 saturated heterocycles. The molecule has 0 aliphatic heterocycles. The van der Waals surface area contributed by atoms with Crippen molar-refractivity contribution in [3.8, 4) is 17.2 Å². The van der Waals surface area contributed by atoms with Gasteiger partial charge in [0, 0.05) is 11.6 Å². The number of methoxy groups -OCH3 is 2. The van der Waals surface area contributed by atoms with Crippen molar-refractivity contribution in [3.05, 3.63) is 46.9 Å². The van der Waals surface area contributed by atoms with Gasteiger partial charge < -0.3 is 24.2 Å². The molecule has 0 radical (unpaired) electrons. The minimum atomic E-state index is -0.291. The minimum Gasteiger partial charge on any atom is -0.508 e. The molecular weight excluding hydrogens is 440 g/mol. The SMILES string of the molecule is Br.COc1cc2on(C=C(O)c3ccc(O)c(C(C)(C)C)c3)c(=N)c2cc1OC. The van der Waals surface area contributed by atoms with E-state index in [1.807, 2.05) is 20.8 Å². The lowest BCUT2D eigenvalue weighted by atomic mass is 9.85. The van der Waals surface area contributed by atoms with Gasteiger partial charge in [-0.15, -0.1) is 17.0 Å². The topological polar surface area (TPSA) is 101 Å². The summed E-state index contributed by atoms with van der Waals surface area (Å²) in [7, 11) is 3.04. The number of hydrogen-bond acceptors (Lipinski definition) is 6. The number of aliphatic hydroxyl groups excluding tert-OH is 1. The average Bonchev–Trinajstić information content (AvgIpc) is 2.94. The molecule has 0 bridgehead atoms. The molecule has 1 aromatic heterocycles. The van der Waals surface area contributed by atoms with Gasteiger partial charge in [-0.25, -0.2) is 0 Å². The van der Waals surface area contributed by atoms with E-state index in [4.69, 9.17) is 19.4 Å². The second kappa shape index (κ2) is 8.24. The molecule has 0 spiro atoms. The van der Waals surface area contributed by atoms with E-state index in [0.717, 1.165) is 0 Å². The van der Waals surface area contributed by atoms with Crippen molar-refractivity contribution >= 4 is 39.9 Å². The van der Waals surface area contributed by atoms with Crippen LogP contribution in [0.15, 0.2) is 34.9 Å². The Hall–Kier alpha value is -2.87. The summed E-state index contributed by atoms with van der Waals surface area (Å²) >= 11 is 0. The van der Waals surface area contributed by atoms with Crippen LogP contribution in [0.1, 0.15) is 31.9 Å². The van der Waals surface area contributed by atoms with Gasteiger partial charge in [0.2, 0.25) is 0 Å². The predicted molar refractivity (Wildman–Crippen MR) is 117 cm³/mol. The highest BCUT2D eigenvalue weighted by molar-refractivity contribution is 8.93. The maximum atomic E-state index is 10.6. The number of fused-ring (bicyclic) bond motifs is 1. The third kappa shape index (κ3) is 4.27. The van der Waals surface area contributed by atoms with E-state index >= 15 is 0 Å². The highest BCUT2D eigenvalue weighted by Gasteiger charge is 2.19. The highest BCUT2D eigenvalue weighted by atomic mass is 79.9. The fourth-order valence-electron chi connectivity index (χ4n) is 2.96. The van der Waals surface area contributed by atoms with Gasteiger partial charge in [0.15, 0.2) is 22.6 Å². The number of rotatable bonds is 4. The summed E-state index contributed by atoms with van der Waals surface area (Å²) < 4.78 is 17.4. The van der Waals surface area contributed by atoms with Crippen LogP contribution in [0.2, 0.25) is 0 Å². The van der Waals surface area contributed by atoms with Crippen LogP contribution in [0.5, 0.6) is 17.2 Å². The molecule has 2 aromatic carbocycles. The Morgan fingerprint density at radius 3 is 2.31 bits per heavy atom. The first kappa shape index (κ1) is 22.4. The van der Waals surface area contributed by atoms with Gasteiger partial charge in [-0.3, -0.25) is 5.41 Å². The molecule has 0 fully saturated rings. The van der Waals surface area contributed by atoms with Crippen LogP contribution in [0.4, 0.5) is 0 Å². The quantitative estimate of drug-likeness (QED) is 0.480. The number of ether oxygens (including phenoxy) is 2. The van der Waals surface area contributed by atoms with Crippen molar-refractivity contribution in [3.63, 3.8) is 0 Å². The molecule has 3 N–H and O–H groups in total. The van der Waals surface area contributed by atoms with Crippen LogP contribution in [-0.2, 0) is 5.41 Å². The third-order valence-electron chi connectivity index (χ3n) is 4.50. The van der Waals surface area contributed by atoms with Gasteiger partial charge in [0.25, 0.3) is 0 Å². The molecule has 1 heterocycles. The second-order valence-corrected chi connectivity index (χ2v) is 7.47.